The van der Waals surface area contributed by atoms with Gasteiger partial charge in [0.25, 0.3) is 0 Å². The van der Waals surface area contributed by atoms with Crippen molar-refractivity contribution in [2.75, 3.05) is 11.9 Å². The molecule has 0 fully saturated rings. The number of nitrogens with one attached hydrogen (secondary N) is 2. The zero-order valence-corrected chi connectivity index (χ0v) is 11.5. The summed E-state index contributed by atoms with van der Waals surface area (Å²) >= 11 is 0. The van der Waals surface area contributed by atoms with Crippen molar-refractivity contribution in [3.63, 3.8) is 0 Å². The average molecular weight is 261 g/mol. The summed E-state index contributed by atoms with van der Waals surface area (Å²) in [6.45, 7) is 6.25. The van der Waals surface area contributed by atoms with Crippen LogP contribution in [-0.2, 0) is 4.84 Å². The third-order valence-corrected chi connectivity index (χ3v) is 2.95. The number of rotatable bonds is 3. The largest absolute Gasteiger partial charge is 0.387 e. The second kappa shape index (κ2) is 5.30. The van der Waals surface area contributed by atoms with Crippen LogP contribution in [0.5, 0.6) is 0 Å². The quantitative estimate of drug-likeness (QED) is 0.878. The van der Waals surface area contributed by atoms with Crippen LogP contribution in [0.15, 0.2) is 29.4 Å². The van der Waals surface area contributed by atoms with Gasteiger partial charge in [0.05, 0.1) is 12.3 Å². The molecule has 19 heavy (non-hydrogen) atoms. The van der Waals surface area contributed by atoms with Crippen molar-refractivity contribution in [3.8, 4) is 0 Å². The van der Waals surface area contributed by atoms with E-state index in [1.807, 2.05) is 45.0 Å². The van der Waals surface area contributed by atoms with E-state index in [9.17, 15) is 4.79 Å². The van der Waals surface area contributed by atoms with Gasteiger partial charge in [0.15, 0.2) is 5.60 Å². The predicted molar refractivity (Wildman–Crippen MR) is 75.4 cm³/mol. The molecule has 1 heterocycles. The van der Waals surface area contributed by atoms with Crippen LogP contribution in [0.3, 0.4) is 0 Å². The Morgan fingerprint density at radius 3 is 2.89 bits per heavy atom. The molecule has 0 spiro atoms. The minimum absolute atomic E-state index is 0.236. The standard InChI is InChI=1S/C14H19N3O2/c1-10-5-4-6-12(7-10)16-13(18)15-9-14(3)8-11(2)17-19-14/h4-7H,8-9H2,1-3H3,(H2,15,16,18)/t14-/m1/s1. The molecule has 1 atom stereocenters. The Hall–Kier alpha value is -2.04. The molecular weight excluding hydrogens is 242 g/mol. The third-order valence-electron chi connectivity index (χ3n) is 2.95. The second-order valence-corrected chi connectivity index (χ2v) is 5.22. The van der Waals surface area contributed by atoms with Gasteiger partial charge in [-0.2, -0.15) is 0 Å². The second-order valence-electron chi connectivity index (χ2n) is 5.22. The Morgan fingerprint density at radius 1 is 1.47 bits per heavy atom. The molecule has 0 bridgehead atoms. The Morgan fingerprint density at radius 2 is 2.26 bits per heavy atom. The number of nitrogens with zero attached hydrogens (tertiary/aromatic N) is 1. The fourth-order valence-electron chi connectivity index (χ4n) is 2.05. The van der Waals surface area contributed by atoms with Gasteiger partial charge in [-0.15, -0.1) is 0 Å². The number of oxime groups is 1. The first-order chi connectivity index (χ1) is 8.97. The van der Waals surface area contributed by atoms with E-state index < -0.39 is 5.60 Å². The third kappa shape index (κ3) is 3.71. The fraction of sp³-hybridized carbons (Fsp3) is 0.429. The highest BCUT2D eigenvalue weighted by molar-refractivity contribution is 5.89. The van der Waals surface area contributed by atoms with Gasteiger partial charge < -0.3 is 15.5 Å². The van der Waals surface area contributed by atoms with E-state index in [2.05, 4.69) is 15.8 Å². The highest BCUT2D eigenvalue weighted by Gasteiger charge is 2.32. The first-order valence-electron chi connectivity index (χ1n) is 6.30. The number of benzene rings is 1. The number of carbonyl (C=O) groups excluding carboxylic acids is 1. The minimum Gasteiger partial charge on any atom is -0.387 e. The van der Waals surface area contributed by atoms with E-state index in [4.69, 9.17) is 4.84 Å². The molecule has 0 saturated carbocycles. The van der Waals surface area contributed by atoms with E-state index in [0.717, 1.165) is 23.4 Å². The zero-order chi connectivity index (χ0) is 13.9. The first-order valence-corrected chi connectivity index (χ1v) is 6.30. The van der Waals surface area contributed by atoms with Crippen LogP contribution in [0.2, 0.25) is 0 Å². The van der Waals surface area contributed by atoms with Crippen molar-refractivity contribution < 1.29 is 9.63 Å². The predicted octanol–water partition coefficient (Wildman–Crippen LogP) is 2.67. The first kappa shape index (κ1) is 13.4. The number of urea groups is 1. The van der Waals surface area contributed by atoms with Crippen LogP contribution in [0, 0.1) is 6.92 Å². The average Bonchev–Trinajstić information content (AvgIpc) is 2.68. The van der Waals surface area contributed by atoms with Gasteiger partial charge in [-0.3, -0.25) is 0 Å². The molecule has 5 nitrogen and oxygen atoms in total. The van der Waals surface area contributed by atoms with Crippen molar-refractivity contribution in [2.45, 2.75) is 32.8 Å². The molecule has 5 heteroatoms. The Labute approximate surface area is 113 Å². The van der Waals surface area contributed by atoms with Crippen LogP contribution >= 0.6 is 0 Å². The smallest absolute Gasteiger partial charge is 0.319 e. The zero-order valence-electron chi connectivity index (χ0n) is 11.5. The summed E-state index contributed by atoms with van der Waals surface area (Å²) in [5.74, 6) is 0. The molecule has 2 rings (SSSR count). The van der Waals surface area contributed by atoms with Gasteiger partial charge in [0.1, 0.15) is 0 Å². The van der Waals surface area contributed by atoms with Crippen LogP contribution in [0.25, 0.3) is 0 Å². The Bertz CT molecular complexity index is 513. The summed E-state index contributed by atoms with van der Waals surface area (Å²) in [6, 6.07) is 7.42. The molecule has 0 aromatic heterocycles. The van der Waals surface area contributed by atoms with Gasteiger partial charge >= 0.3 is 6.03 Å². The molecule has 102 valence electrons. The van der Waals surface area contributed by atoms with Gasteiger partial charge in [-0.25, -0.2) is 4.79 Å². The lowest BCUT2D eigenvalue weighted by Crippen LogP contribution is -2.42. The fourth-order valence-corrected chi connectivity index (χ4v) is 2.05. The van der Waals surface area contributed by atoms with Crippen LogP contribution < -0.4 is 10.6 Å². The van der Waals surface area contributed by atoms with Crippen LogP contribution in [0.1, 0.15) is 25.8 Å². The summed E-state index contributed by atoms with van der Waals surface area (Å²) in [4.78, 5) is 17.1. The molecule has 2 N–H and O–H groups in total. The number of amides is 2. The van der Waals surface area contributed by atoms with Gasteiger partial charge in [-0.05, 0) is 38.5 Å². The molecule has 0 radical (unpaired) electrons. The Balaban J connectivity index is 1.82. The summed E-state index contributed by atoms with van der Waals surface area (Å²) in [6.07, 6.45) is 0.734. The topological polar surface area (TPSA) is 62.7 Å². The number of anilines is 1. The molecular formula is C14H19N3O2. The molecule has 1 aromatic carbocycles. The van der Waals surface area contributed by atoms with E-state index >= 15 is 0 Å². The molecule has 2 amide bonds. The molecule has 1 aliphatic rings. The van der Waals surface area contributed by atoms with Crippen molar-refractivity contribution in [1.29, 1.82) is 0 Å². The van der Waals surface area contributed by atoms with Crippen molar-refractivity contribution in [1.82, 2.24) is 5.32 Å². The maximum atomic E-state index is 11.8. The highest BCUT2D eigenvalue weighted by atomic mass is 16.7. The lowest BCUT2D eigenvalue weighted by atomic mass is 10.0. The maximum absolute atomic E-state index is 11.8. The minimum atomic E-state index is -0.436. The lowest BCUT2D eigenvalue weighted by molar-refractivity contribution is -0.0000960. The van der Waals surface area contributed by atoms with E-state index in [1.54, 1.807) is 0 Å². The van der Waals surface area contributed by atoms with Gasteiger partial charge in [0.2, 0.25) is 0 Å². The van der Waals surface area contributed by atoms with E-state index in [0.29, 0.717) is 6.54 Å². The molecule has 1 aliphatic heterocycles. The Kier molecular flexibility index (Phi) is 3.74. The number of hydrogen-bond donors (Lipinski definition) is 2. The van der Waals surface area contributed by atoms with Crippen LogP contribution in [0.4, 0.5) is 10.5 Å². The van der Waals surface area contributed by atoms with Crippen molar-refractivity contribution in [2.24, 2.45) is 5.16 Å². The van der Waals surface area contributed by atoms with Crippen molar-refractivity contribution >= 4 is 17.4 Å². The van der Waals surface area contributed by atoms with E-state index in [-0.39, 0.29) is 6.03 Å². The van der Waals surface area contributed by atoms with Gasteiger partial charge in [0, 0.05) is 12.1 Å². The van der Waals surface area contributed by atoms with Crippen LogP contribution in [-0.4, -0.2) is 23.9 Å². The summed E-state index contributed by atoms with van der Waals surface area (Å²) in [7, 11) is 0. The SMILES string of the molecule is CC1=NO[C@@](C)(CNC(=O)Nc2cccc(C)c2)C1. The maximum Gasteiger partial charge on any atom is 0.319 e. The number of hydrogen-bond acceptors (Lipinski definition) is 3. The normalized spacial score (nSPS) is 21.5. The van der Waals surface area contributed by atoms with E-state index in [1.165, 1.54) is 0 Å². The van der Waals surface area contributed by atoms with Gasteiger partial charge in [-0.1, -0.05) is 17.3 Å². The highest BCUT2D eigenvalue weighted by Crippen LogP contribution is 2.22. The number of carbonyl (C=O) groups is 1. The van der Waals surface area contributed by atoms with Crippen molar-refractivity contribution in [3.05, 3.63) is 29.8 Å². The molecule has 0 saturated heterocycles. The molecule has 0 aliphatic carbocycles. The molecule has 1 aromatic rings. The number of aryl methyl sites for hydroxylation is 1. The monoisotopic (exact) mass is 261 g/mol. The lowest BCUT2D eigenvalue weighted by Gasteiger charge is -2.21. The summed E-state index contributed by atoms with van der Waals surface area (Å²) in [5.41, 5.74) is 2.40. The molecule has 0 unspecified atom stereocenters. The summed E-state index contributed by atoms with van der Waals surface area (Å²) < 4.78 is 0. The summed E-state index contributed by atoms with van der Waals surface area (Å²) in [5, 5.41) is 9.51.